The molecule has 0 unspecified atom stereocenters. The summed E-state index contributed by atoms with van der Waals surface area (Å²) in [4.78, 5) is 17.2. The Morgan fingerprint density at radius 1 is 1.00 bits per heavy atom. The summed E-state index contributed by atoms with van der Waals surface area (Å²) in [6, 6.07) is 11.8. The van der Waals surface area contributed by atoms with Crippen LogP contribution in [0, 0.1) is 5.92 Å². The van der Waals surface area contributed by atoms with Gasteiger partial charge in [0.25, 0.3) is 0 Å². The van der Waals surface area contributed by atoms with E-state index in [1.165, 1.54) is 51.0 Å². The number of aromatic hydroxyl groups is 1. The SMILES string of the molecule is CCCCCCCCCCOc1ccc(C(=O)Oc2ccc(C3=N[C@@H]([C@@H](C)CC)CO3)c(O)c2)cc1. The average molecular weight is 496 g/mol. The molecule has 2 aromatic rings. The first-order valence-electron chi connectivity index (χ1n) is 13.5. The number of carbonyl (C=O) groups excluding carboxylic acids is 1. The molecule has 1 aliphatic heterocycles. The van der Waals surface area contributed by atoms with Crippen LogP contribution in [0.4, 0.5) is 0 Å². The minimum Gasteiger partial charge on any atom is -0.507 e. The summed E-state index contributed by atoms with van der Waals surface area (Å²) in [6.07, 6.45) is 11.1. The highest BCUT2D eigenvalue weighted by Crippen LogP contribution is 2.28. The van der Waals surface area contributed by atoms with Gasteiger partial charge in [0, 0.05) is 6.07 Å². The molecule has 0 radical (unpaired) electrons. The highest BCUT2D eigenvalue weighted by Gasteiger charge is 2.26. The molecule has 196 valence electrons. The number of esters is 1. The average Bonchev–Trinajstić information content (AvgIpc) is 3.37. The van der Waals surface area contributed by atoms with Gasteiger partial charge in [-0.3, -0.25) is 0 Å². The summed E-state index contributed by atoms with van der Waals surface area (Å²) < 4.78 is 17.0. The lowest BCUT2D eigenvalue weighted by atomic mass is 10.0. The van der Waals surface area contributed by atoms with E-state index in [1.54, 1.807) is 36.4 Å². The number of carbonyl (C=O) groups is 1. The van der Waals surface area contributed by atoms with Gasteiger partial charge in [-0.15, -0.1) is 0 Å². The molecule has 36 heavy (non-hydrogen) atoms. The number of nitrogens with zero attached hydrogens (tertiary/aromatic N) is 1. The number of hydrogen-bond acceptors (Lipinski definition) is 6. The van der Waals surface area contributed by atoms with E-state index >= 15 is 0 Å². The van der Waals surface area contributed by atoms with Gasteiger partial charge in [0.2, 0.25) is 5.90 Å². The van der Waals surface area contributed by atoms with Crippen molar-refractivity contribution in [2.75, 3.05) is 13.2 Å². The van der Waals surface area contributed by atoms with Gasteiger partial charge >= 0.3 is 5.97 Å². The smallest absolute Gasteiger partial charge is 0.343 e. The van der Waals surface area contributed by atoms with Gasteiger partial charge < -0.3 is 19.3 Å². The number of unbranched alkanes of at least 4 members (excludes halogenated alkanes) is 7. The fourth-order valence-electron chi connectivity index (χ4n) is 4.14. The summed E-state index contributed by atoms with van der Waals surface area (Å²) in [5.74, 6) is 1.31. The second kappa shape index (κ2) is 14.5. The van der Waals surface area contributed by atoms with Gasteiger partial charge in [-0.25, -0.2) is 9.79 Å². The van der Waals surface area contributed by atoms with Gasteiger partial charge in [0.15, 0.2) is 0 Å². The number of ether oxygens (including phenoxy) is 3. The van der Waals surface area contributed by atoms with Gasteiger partial charge in [-0.2, -0.15) is 0 Å². The topological polar surface area (TPSA) is 77.4 Å². The number of aliphatic imine (C=N–C) groups is 1. The van der Waals surface area contributed by atoms with Gasteiger partial charge in [0.1, 0.15) is 23.9 Å². The Labute approximate surface area is 215 Å². The molecule has 0 amide bonds. The number of phenolic OH excluding ortho intramolecular Hbond substituents is 1. The third kappa shape index (κ3) is 8.28. The predicted molar refractivity (Wildman–Crippen MR) is 143 cm³/mol. The molecule has 0 aliphatic carbocycles. The first kappa shape index (κ1) is 27.6. The molecule has 2 aromatic carbocycles. The molecule has 0 fully saturated rings. The monoisotopic (exact) mass is 495 g/mol. The third-order valence-corrected chi connectivity index (χ3v) is 6.74. The molecular formula is C30H41NO5. The van der Waals surface area contributed by atoms with Crippen molar-refractivity contribution < 1.29 is 24.1 Å². The molecule has 6 heteroatoms. The van der Waals surface area contributed by atoms with Crippen LogP contribution in [0.2, 0.25) is 0 Å². The Morgan fingerprint density at radius 3 is 2.33 bits per heavy atom. The van der Waals surface area contributed by atoms with Crippen LogP contribution < -0.4 is 9.47 Å². The Morgan fingerprint density at radius 2 is 1.67 bits per heavy atom. The van der Waals surface area contributed by atoms with E-state index in [1.807, 2.05) is 0 Å². The zero-order chi connectivity index (χ0) is 25.8. The Kier molecular flexibility index (Phi) is 11.1. The molecule has 0 aromatic heterocycles. The Bertz CT molecular complexity index is 985. The van der Waals surface area contributed by atoms with Crippen LogP contribution in [0.5, 0.6) is 17.2 Å². The molecule has 1 N–H and O–H groups in total. The van der Waals surface area contributed by atoms with Crippen LogP contribution in [0.3, 0.4) is 0 Å². The molecule has 1 aliphatic rings. The van der Waals surface area contributed by atoms with Crippen molar-refractivity contribution in [1.82, 2.24) is 0 Å². The number of hydrogen-bond donors (Lipinski definition) is 1. The predicted octanol–water partition coefficient (Wildman–Crippen LogP) is 7.32. The molecule has 0 saturated heterocycles. The first-order valence-corrected chi connectivity index (χ1v) is 13.5. The van der Waals surface area contributed by atoms with Crippen molar-refractivity contribution in [3.8, 4) is 17.2 Å². The van der Waals surface area contributed by atoms with E-state index in [0.29, 0.717) is 36.2 Å². The summed E-state index contributed by atoms with van der Waals surface area (Å²) in [5.41, 5.74) is 0.913. The van der Waals surface area contributed by atoms with E-state index in [-0.39, 0.29) is 17.5 Å². The van der Waals surface area contributed by atoms with E-state index in [4.69, 9.17) is 14.2 Å². The van der Waals surface area contributed by atoms with Crippen LogP contribution >= 0.6 is 0 Å². The lowest BCUT2D eigenvalue weighted by molar-refractivity contribution is 0.0734. The number of rotatable bonds is 15. The fraction of sp³-hybridized carbons (Fsp3) is 0.533. The van der Waals surface area contributed by atoms with E-state index in [2.05, 4.69) is 25.8 Å². The lowest BCUT2D eigenvalue weighted by Crippen LogP contribution is -2.16. The fourth-order valence-corrected chi connectivity index (χ4v) is 4.14. The van der Waals surface area contributed by atoms with Crippen molar-refractivity contribution in [3.63, 3.8) is 0 Å². The lowest BCUT2D eigenvalue weighted by Gasteiger charge is -2.11. The molecular weight excluding hydrogens is 454 g/mol. The van der Waals surface area contributed by atoms with Crippen LogP contribution in [0.25, 0.3) is 0 Å². The van der Waals surface area contributed by atoms with Crippen molar-refractivity contribution in [1.29, 1.82) is 0 Å². The van der Waals surface area contributed by atoms with E-state index in [0.717, 1.165) is 18.6 Å². The van der Waals surface area contributed by atoms with Gasteiger partial charge in [-0.1, -0.05) is 72.1 Å². The van der Waals surface area contributed by atoms with Crippen LogP contribution in [-0.2, 0) is 4.74 Å². The van der Waals surface area contributed by atoms with E-state index in [9.17, 15) is 9.90 Å². The molecule has 0 bridgehead atoms. The largest absolute Gasteiger partial charge is 0.507 e. The normalized spacial score (nSPS) is 15.8. The van der Waals surface area contributed by atoms with Crippen molar-refractivity contribution in [2.24, 2.45) is 10.9 Å². The van der Waals surface area contributed by atoms with Gasteiger partial charge in [0.05, 0.1) is 23.8 Å². The third-order valence-electron chi connectivity index (χ3n) is 6.74. The standard InChI is InChI=1S/C30H41NO5/c1-4-6-7-8-9-10-11-12-19-34-24-15-13-23(14-16-24)30(33)36-25-17-18-26(28(32)20-25)29-31-27(21-35-29)22(3)5-2/h13-18,20,22,27,32H,4-12,19,21H2,1-3H3/t22-,27+/m0/s1. The highest BCUT2D eigenvalue weighted by molar-refractivity contribution is 5.98. The van der Waals surface area contributed by atoms with E-state index < -0.39 is 5.97 Å². The minimum absolute atomic E-state index is 0.0337. The molecule has 3 rings (SSSR count). The van der Waals surface area contributed by atoms with Crippen molar-refractivity contribution in [3.05, 3.63) is 53.6 Å². The van der Waals surface area contributed by atoms with Crippen molar-refractivity contribution >= 4 is 11.9 Å². The zero-order valence-corrected chi connectivity index (χ0v) is 22.0. The van der Waals surface area contributed by atoms with Crippen molar-refractivity contribution in [2.45, 2.75) is 84.6 Å². The Hall–Kier alpha value is -3.02. The summed E-state index contributed by atoms with van der Waals surface area (Å²) in [7, 11) is 0. The van der Waals surface area contributed by atoms with Gasteiger partial charge in [-0.05, 0) is 48.7 Å². The van der Waals surface area contributed by atoms with Crippen LogP contribution in [0.1, 0.15) is 94.5 Å². The second-order valence-electron chi connectivity index (χ2n) is 9.61. The van der Waals surface area contributed by atoms with Crippen LogP contribution in [0.15, 0.2) is 47.5 Å². The number of benzene rings is 2. The quantitative estimate of drug-likeness (QED) is 0.159. The maximum Gasteiger partial charge on any atom is 0.343 e. The summed E-state index contributed by atoms with van der Waals surface area (Å²) in [5, 5.41) is 10.5. The second-order valence-corrected chi connectivity index (χ2v) is 9.61. The molecule has 2 atom stereocenters. The molecule has 0 saturated carbocycles. The maximum absolute atomic E-state index is 12.6. The number of phenols is 1. The van der Waals surface area contributed by atoms with Crippen LogP contribution in [-0.4, -0.2) is 36.2 Å². The minimum atomic E-state index is -0.497. The summed E-state index contributed by atoms with van der Waals surface area (Å²) >= 11 is 0. The Balaban J connectivity index is 1.44. The highest BCUT2D eigenvalue weighted by atomic mass is 16.5. The maximum atomic E-state index is 12.6. The first-order chi connectivity index (χ1) is 17.5. The zero-order valence-electron chi connectivity index (χ0n) is 22.0. The molecule has 0 spiro atoms. The molecule has 1 heterocycles. The summed E-state index contributed by atoms with van der Waals surface area (Å²) in [6.45, 7) is 7.69. The molecule has 6 nitrogen and oxygen atoms in total.